The zero-order valence-corrected chi connectivity index (χ0v) is 14.2. The summed E-state index contributed by atoms with van der Waals surface area (Å²) in [6.45, 7) is 1.49. The lowest BCUT2D eigenvalue weighted by atomic mass is 10.1. The Kier molecular flexibility index (Phi) is 5.41. The number of benzene rings is 2. The van der Waals surface area contributed by atoms with E-state index in [1.54, 1.807) is 31.2 Å². The number of aryl methyl sites for hydroxylation is 1. The van der Waals surface area contributed by atoms with Crippen LogP contribution in [-0.4, -0.2) is 27.8 Å². The highest BCUT2D eigenvalue weighted by Crippen LogP contribution is 2.20. The Morgan fingerprint density at radius 2 is 2.04 bits per heavy atom. The summed E-state index contributed by atoms with van der Waals surface area (Å²) in [4.78, 5) is 16.1. The molecule has 9 heteroatoms. The first kappa shape index (κ1) is 18.5. The number of halogens is 2. The molecule has 0 aliphatic heterocycles. The first-order valence-corrected chi connectivity index (χ1v) is 8.01. The number of aliphatic hydroxyl groups excluding tert-OH is 1. The molecule has 0 saturated carbocycles. The van der Waals surface area contributed by atoms with Crippen molar-refractivity contribution in [3.05, 3.63) is 65.6 Å². The van der Waals surface area contributed by atoms with Crippen LogP contribution in [0.3, 0.4) is 0 Å². The fourth-order valence-electron chi connectivity index (χ4n) is 2.35. The van der Waals surface area contributed by atoms with Crippen molar-refractivity contribution < 1.29 is 23.2 Å². The second kappa shape index (κ2) is 7.92. The molecule has 2 amide bonds. The molecule has 0 saturated heterocycles. The van der Waals surface area contributed by atoms with Gasteiger partial charge in [-0.1, -0.05) is 23.4 Å². The van der Waals surface area contributed by atoms with E-state index in [4.69, 9.17) is 4.52 Å². The third-order valence-corrected chi connectivity index (χ3v) is 3.69. The van der Waals surface area contributed by atoms with Gasteiger partial charge in [0.15, 0.2) is 11.6 Å². The molecule has 140 valence electrons. The predicted octanol–water partition coefficient (Wildman–Crippen LogP) is 3.18. The van der Waals surface area contributed by atoms with Gasteiger partial charge in [0.2, 0.25) is 11.7 Å². The predicted molar refractivity (Wildman–Crippen MR) is 92.8 cm³/mol. The standard InChI is InChI=1S/C18H16F2N4O3/c1-10-22-17(24-27-10)12-3-2-4-13(7-12)23-18(26)21-9-16(25)11-5-6-14(19)15(20)8-11/h2-8,16,25H,9H2,1H3,(H2,21,23,26)/t16-/m1/s1. The first-order valence-electron chi connectivity index (χ1n) is 8.01. The highest BCUT2D eigenvalue weighted by molar-refractivity contribution is 5.89. The summed E-state index contributed by atoms with van der Waals surface area (Å²) < 4.78 is 31.1. The van der Waals surface area contributed by atoms with Crippen molar-refractivity contribution in [3.63, 3.8) is 0 Å². The second-order valence-electron chi connectivity index (χ2n) is 5.74. The van der Waals surface area contributed by atoms with Gasteiger partial charge in [-0.2, -0.15) is 4.98 Å². The smallest absolute Gasteiger partial charge is 0.319 e. The molecular formula is C18H16F2N4O3. The summed E-state index contributed by atoms with van der Waals surface area (Å²) in [6.07, 6.45) is -1.18. The minimum Gasteiger partial charge on any atom is -0.387 e. The number of anilines is 1. The molecule has 0 aliphatic carbocycles. The molecule has 27 heavy (non-hydrogen) atoms. The van der Waals surface area contributed by atoms with Gasteiger partial charge in [-0.05, 0) is 29.8 Å². The van der Waals surface area contributed by atoms with Crippen LogP contribution in [0.2, 0.25) is 0 Å². The summed E-state index contributed by atoms with van der Waals surface area (Å²) in [6, 6.07) is 9.29. The number of aromatic nitrogens is 2. The third-order valence-electron chi connectivity index (χ3n) is 3.69. The van der Waals surface area contributed by atoms with Crippen molar-refractivity contribution >= 4 is 11.7 Å². The van der Waals surface area contributed by atoms with Crippen molar-refractivity contribution in [3.8, 4) is 11.4 Å². The molecule has 0 fully saturated rings. The van der Waals surface area contributed by atoms with Crippen LogP contribution in [0.15, 0.2) is 47.0 Å². The van der Waals surface area contributed by atoms with Crippen LogP contribution in [0.5, 0.6) is 0 Å². The van der Waals surface area contributed by atoms with Gasteiger partial charge in [-0.25, -0.2) is 13.6 Å². The fraction of sp³-hybridized carbons (Fsp3) is 0.167. The number of rotatable bonds is 5. The van der Waals surface area contributed by atoms with Crippen LogP contribution >= 0.6 is 0 Å². The molecule has 0 unspecified atom stereocenters. The lowest BCUT2D eigenvalue weighted by Gasteiger charge is -2.13. The number of amides is 2. The van der Waals surface area contributed by atoms with Gasteiger partial charge in [0.05, 0.1) is 6.10 Å². The molecule has 3 rings (SSSR count). The van der Waals surface area contributed by atoms with Crippen molar-refractivity contribution in [1.82, 2.24) is 15.5 Å². The maximum atomic E-state index is 13.2. The Labute approximate surface area is 153 Å². The van der Waals surface area contributed by atoms with Crippen molar-refractivity contribution in [1.29, 1.82) is 0 Å². The van der Waals surface area contributed by atoms with E-state index in [2.05, 4.69) is 20.8 Å². The Balaban J connectivity index is 1.58. The van der Waals surface area contributed by atoms with Gasteiger partial charge < -0.3 is 20.3 Å². The molecule has 1 aromatic heterocycles. The van der Waals surface area contributed by atoms with Crippen LogP contribution in [-0.2, 0) is 0 Å². The zero-order valence-electron chi connectivity index (χ0n) is 14.2. The van der Waals surface area contributed by atoms with Crippen molar-refractivity contribution in [2.75, 3.05) is 11.9 Å². The van der Waals surface area contributed by atoms with Gasteiger partial charge in [0, 0.05) is 24.7 Å². The first-order chi connectivity index (χ1) is 12.9. The van der Waals surface area contributed by atoms with Crippen LogP contribution in [0.25, 0.3) is 11.4 Å². The van der Waals surface area contributed by atoms with E-state index in [1.807, 2.05) is 0 Å². The molecule has 0 radical (unpaired) electrons. The Hall–Kier alpha value is -3.33. The number of urea groups is 1. The van der Waals surface area contributed by atoms with E-state index in [-0.39, 0.29) is 12.1 Å². The van der Waals surface area contributed by atoms with Crippen LogP contribution in [0.1, 0.15) is 17.6 Å². The normalized spacial score (nSPS) is 11.9. The molecule has 0 aliphatic rings. The third kappa shape index (κ3) is 4.64. The number of aliphatic hydroxyl groups is 1. The van der Waals surface area contributed by atoms with E-state index >= 15 is 0 Å². The van der Waals surface area contributed by atoms with Gasteiger partial charge in [-0.3, -0.25) is 0 Å². The van der Waals surface area contributed by atoms with Gasteiger partial charge >= 0.3 is 6.03 Å². The highest BCUT2D eigenvalue weighted by Gasteiger charge is 2.13. The summed E-state index contributed by atoms with van der Waals surface area (Å²) in [5, 5.41) is 18.9. The SMILES string of the molecule is Cc1nc(-c2cccc(NC(=O)NC[C@@H](O)c3ccc(F)c(F)c3)c2)no1. The van der Waals surface area contributed by atoms with E-state index in [0.29, 0.717) is 23.0 Å². The molecule has 7 nitrogen and oxygen atoms in total. The highest BCUT2D eigenvalue weighted by atomic mass is 19.2. The van der Waals surface area contributed by atoms with Crippen LogP contribution in [0.4, 0.5) is 19.3 Å². The molecule has 0 bridgehead atoms. The van der Waals surface area contributed by atoms with Crippen molar-refractivity contribution in [2.24, 2.45) is 0 Å². The van der Waals surface area contributed by atoms with Gasteiger partial charge in [-0.15, -0.1) is 0 Å². The number of nitrogens with one attached hydrogen (secondary N) is 2. The van der Waals surface area contributed by atoms with Crippen LogP contribution < -0.4 is 10.6 Å². The maximum Gasteiger partial charge on any atom is 0.319 e. The Morgan fingerprint density at radius 1 is 1.22 bits per heavy atom. The lowest BCUT2D eigenvalue weighted by molar-refractivity contribution is 0.174. The van der Waals surface area contributed by atoms with Gasteiger partial charge in [0.1, 0.15) is 0 Å². The number of carbonyl (C=O) groups excluding carboxylic acids is 1. The zero-order chi connectivity index (χ0) is 19.4. The van der Waals surface area contributed by atoms with E-state index < -0.39 is 23.8 Å². The lowest BCUT2D eigenvalue weighted by Crippen LogP contribution is -2.32. The molecule has 1 heterocycles. The number of carbonyl (C=O) groups is 1. The van der Waals surface area contributed by atoms with E-state index in [9.17, 15) is 18.7 Å². The average molecular weight is 374 g/mol. The Morgan fingerprint density at radius 3 is 2.74 bits per heavy atom. The largest absolute Gasteiger partial charge is 0.387 e. The van der Waals surface area contributed by atoms with Gasteiger partial charge in [0.25, 0.3) is 0 Å². The second-order valence-corrected chi connectivity index (χ2v) is 5.74. The molecule has 2 aromatic carbocycles. The summed E-state index contributed by atoms with van der Waals surface area (Å²) in [7, 11) is 0. The van der Waals surface area contributed by atoms with Crippen molar-refractivity contribution in [2.45, 2.75) is 13.0 Å². The average Bonchev–Trinajstić information content (AvgIpc) is 3.08. The van der Waals surface area contributed by atoms with E-state index in [0.717, 1.165) is 12.1 Å². The maximum absolute atomic E-state index is 13.2. The molecule has 3 aromatic rings. The minimum atomic E-state index is -1.18. The number of hydrogen-bond donors (Lipinski definition) is 3. The quantitative estimate of drug-likeness (QED) is 0.637. The molecule has 3 N–H and O–H groups in total. The van der Waals surface area contributed by atoms with Crippen LogP contribution in [0, 0.1) is 18.6 Å². The molecule has 1 atom stereocenters. The summed E-state index contributed by atoms with van der Waals surface area (Å²) in [5.74, 6) is -1.25. The number of hydrogen-bond acceptors (Lipinski definition) is 5. The molecule has 0 spiro atoms. The fourth-order valence-corrected chi connectivity index (χ4v) is 2.35. The summed E-state index contributed by atoms with van der Waals surface area (Å²) in [5.41, 5.74) is 1.30. The molecular weight excluding hydrogens is 358 g/mol. The minimum absolute atomic E-state index is 0.156. The van der Waals surface area contributed by atoms with E-state index in [1.165, 1.54) is 6.07 Å². The summed E-state index contributed by atoms with van der Waals surface area (Å²) >= 11 is 0. The topological polar surface area (TPSA) is 100 Å². The number of nitrogens with zero attached hydrogens (tertiary/aromatic N) is 2. The monoisotopic (exact) mass is 374 g/mol. The Bertz CT molecular complexity index is 961.